The number of alkyl halides is 1. The van der Waals surface area contributed by atoms with Crippen molar-refractivity contribution in [3.63, 3.8) is 0 Å². The van der Waals surface area contributed by atoms with E-state index < -0.39 is 0 Å². The van der Waals surface area contributed by atoms with Crippen molar-refractivity contribution in [2.75, 3.05) is 11.2 Å². The minimum absolute atomic E-state index is 0.161. The summed E-state index contributed by atoms with van der Waals surface area (Å²) in [7, 11) is 0. The first-order chi connectivity index (χ1) is 8.70. The molecule has 0 aliphatic rings. The SMILES string of the molecule is Cc1occc1C(=O)Nc1ccc(CCCl)cc1. The summed E-state index contributed by atoms with van der Waals surface area (Å²) in [6.45, 7) is 1.76. The van der Waals surface area contributed by atoms with E-state index >= 15 is 0 Å². The molecule has 1 heterocycles. The molecule has 1 N–H and O–H groups in total. The van der Waals surface area contributed by atoms with Crippen LogP contribution in [0.1, 0.15) is 21.7 Å². The molecule has 0 unspecified atom stereocenters. The van der Waals surface area contributed by atoms with Crippen LogP contribution in [0.4, 0.5) is 5.69 Å². The monoisotopic (exact) mass is 263 g/mol. The van der Waals surface area contributed by atoms with Crippen LogP contribution in [0.3, 0.4) is 0 Å². The molecule has 0 aliphatic carbocycles. The van der Waals surface area contributed by atoms with Crippen molar-refractivity contribution in [1.29, 1.82) is 0 Å². The summed E-state index contributed by atoms with van der Waals surface area (Å²) in [5.41, 5.74) is 2.47. The van der Waals surface area contributed by atoms with Crippen LogP contribution < -0.4 is 5.32 Å². The topological polar surface area (TPSA) is 42.2 Å². The Bertz CT molecular complexity index is 531. The maximum Gasteiger partial charge on any atom is 0.259 e. The van der Waals surface area contributed by atoms with Crippen LogP contribution in [-0.2, 0) is 6.42 Å². The zero-order valence-corrected chi connectivity index (χ0v) is 10.8. The standard InChI is InChI=1S/C14H14ClNO2/c1-10-13(7-9-18-10)14(17)16-12-4-2-11(3-5-12)6-8-15/h2-5,7,9H,6,8H2,1H3,(H,16,17). The second-order valence-electron chi connectivity index (χ2n) is 3.98. The Morgan fingerprint density at radius 2 is 2.00 bits per heavy atom. The van der Waals surface area contributed by atoms with Gasteiger partial charge in [0, 0.05) is 11.6 Å². The lowest BCUT2D eigenvalue weighted by atomic mass is 10.1. The first-order valence-electron chi connectivity index (χ1n) is 5.71. The lowest BCUT2D eigenvalue weighted by Crippen LogP contribution is -2.12. The number of aryl methyl sites for hydroxylation is 2. The Morgan fingerprint density at radius 3 is 2.56 bits per heavy atom. The Kier molecular flexibility index (Phi) is 4.05. The number of hydrogen-bond acceptors (Lipinski definition) is 2. The Balaban J connectivity index is 2.05. The highest BCUT2D eigenvalue weighted by Crippen LogP contribution is 2.14. The van der Waals surface area contributed by atoms with Gasteiger partial charge in [-0.25, -0.2) is 0 Å². The molecule has 2 aromatic rings. The zero-order valence-electron chi connectivity index (χ0n) is 10.1. The molecular weight excluding hydrogens is 250 g/mol. The van der Waals surface area contributed by atoms with Crippen LogP contribution in [0.5, 0.6) is 0 Å². The van der Waals surface area contributed by atoms with Crippen LogP contribution in [-0.4, -0.2) is 11.8 Å². The average molecular weight is 264 g/mol. The molecule has 0 bridgehead atoms. The van der Waals surface area contributed by atoms with Crippen molar-refractivity contribution in [1.82, 2.24) is 0 Å². The van der Waals surface area contributed by atoms with E-state index in [2.05, 4.69) is 5.32 Å². The second kappa shape index (κ2) is 5.74. The normalized spacial score (nSPS) is 10.3. The highest BCUT2D eigenvalue weighted by atomic mass is 35.5. The second-order valence-corrected chi connectivity index (χ2v) is 4.36. The first-order valence-corrected chi connectivity index (χ1v) is 6.24. The van der Waals surface area contributed by atoms with Gasteiger partial charge in [-0.05, 0) is 37.1 Å². The highest BCUT2D eigenvalue weighted by molar-refractivity contribution is 6.18. The van der Waals surface area contributed by atoms with Crippen molar-refractivity contribution >= 4 is 23.2 Å². The Labute approximate surface area is 111 Å². The maximum atomic E-state index is 11.9. The zero-order chi connectivity index (χ0) is 13.0. The van der Waals surface area contributed by atoms with E-state index in [1.807, 2.05) is 24.3 Å². The van der Waals surface area contributed by atoms with Gasteiger partial charge in [-0.3, -0.25) is 4.79 Å². The van der Waals surface area contributed by atoms with Gasteiger partial charge in [0.2, 0.25) is 0 Å². The fourth-order valence-corrected chi connectivity index (χ4v) is 1.90. The van der Waals surface area contributed by atoms with Crippen LogP contribution in [0.15, 0.2) is 41.0 Å². The van der Waals surface area contributed by atoms with Gasteiger partial charge in [0.25, 0.3) is 5.91 Å². The van der Waals surface area contributed by atoms with Gasteiger partial charge in [-0.15, -0.1) is 11.6 Å². The van der Waals surface area contributed by atoms with E-state index in [0.29, 0.717) is 17.2 Å². The molecular formula is C14H14ClNO2. The van der Waals surface area contributed by atoms with Crippen LogP contribution >= 0.6 is 11.6 Å². The molecule has 0 spiro atoms. The maximum absolute atomic E-state index is 11.9. The molecule has 1 aromatic carbocycles. The van der Waals surface area contributed by atoms with Gasteiger partial charge in [0.15, 0.2) is 0 Å². The minimum atomic E-state index is -0.161. The number of anilines is 1. The molecule has 18 heavy (non-hydrogen) atoms. The number of carbonyl (C=O) groups is 1. The number of halogens is 1. The van der Waals surface area contributed by atoms with Crippen molar-refractivity contribution in [3.8, 4) is 0 Å². The van der Waals surface area contributed by atoms with E-state index in [9.17, 15) is 4.79 Å². The molecule has 0 aliphatic heterocycles. The van der Waals surface area contributed by atoms with E-state index in [4.69, 9.17) is 16.0 Å². The van der Waals surface area contributed by atoms with E-state index in [1.54, 1.807) is 13.0 Å². The quantitative estimate of drug-likeness (QED) is 0.856. The van der Waals surface area contributed by atoms with Crippen molar-refractivity contribution < 1.29 is 9.21 Å². The molecule has 0 saturated heterocycles. The molecule has 2 rings (SSSR count). The van der Waals surface area contributed by atoms with E-state index in [0.717, 1.165) is 17.7 Å². The largest absolute Gasteiger partial charge is 0.469 e. The fourth-order valence-electron chi connectivity index (χ4n) is 1.68. The number of rotatable bonds is 4. The molecule has 94 valence electrons. The smallest absolute Gasteiger partial charge is 0.259 e. The van der Waals surface area contributed by atoms with Crippen molar-refractivity contribution in [2.45, 2.75) is 13.3 Å². The average Bonchev–Trinajstić information content (AvgIpc) is 2.78. The number of benzene rings is 1. The fraction of sp³-hybridized carbons (Fsp3) is 0.214. The highest BCUT2D eigenvalue weighted by Gasteiger charge is 2.11. The van der Waals surface area contributed by atoms with Crippen LogP contribution in [0, 0.1) is 6.92 Å². The molecule has 0 fully saturated rings. The summed E-state index contributed by atoms with van der Waals surface area (Å²) in [4.78, 5) is 11.9. The van der Waals surface area contributed by atoms with Gasteiger partial charge in [0.05, 0.1) is 11.8 Å². The van der Waals surface area contributed by atoms with Gasteiger partial charge in [0.1, 0.15) is 5.76 Å². The summed E-state index contributed by atoms with van der Waals surface area (Å²) in [5, 5.41) is 2.82. The first kappa shape index (κ1) is 12.7. The summed E-state index contributed by atoms with van der Waals surface area (Å²) < 4.78 is 5.10. The van der Waals surface area contributed by atoms with Gasteiger partial charge in [-0.1, -0.05) is 12.1 Å². The Hall–Kier alpha value is -1.74. The third-order valence-electron chi connectivity index (χ3n) is 2.70. The number of carbonyl (C=O) groups excluding carboxylic acids is 1. The van der Waals surface area contributed by atoms with Crippen LogP contribution in [0.25, 0.3) is 0 Å². The lowest BCUT2D eigenvalue weighted by molar-refractivity contribution is 0.102. The number of nitrogens with one attached hydrogen (secondary N) is 1. The third-order valence-corrected chi connectivity index (χ3v) is 2.89. The predicted octanol–water partition coefficient (Wildman–Crippen LogP) is 3.62. The number of hydrogen-bond donors (Lipinski definition) is 1. The molecule has 1 amide bonds. The van der Waals surface area contributed by atoms with Gasteiger partial charge in [-0.2, -0.15) is 0 Å². The molecule has 4 heteroatoms. The summed E-state index contributed by atoms with van der Waals surface area (Å²) in [6, 6.07) is 9.32. The predicted molar refractivity (Wildman–Crippen MR) is 72.3 cm³/mol. The summed E-state index contributed by atoms with van der Waals surface area (Å²) >= 11 is 5.66. The number of amides is 1. The van der Waals surface area contributed by atoms with E-state index in [1.165, 1.54) is 6.26 Å². The molecule has 1 aromatic heterocycles. The lowest BCUT2D eigenvalue weighted by Gasteiger charge is -2.05. The third kappa shape index (κ3) is 2.93. The van der Waals surface area contributed by atoms with Gasteiger partial charge >= 0.3 is 0 Å². The summed E-state index contributed by atoms with van der Waals surface area (Å²) in [5.74, 6) is 1.05. The van der Waals surface area contributed by atoms with Crippen molar-refractivity contribution in [2.24, 2.45) is 0 Å². The van der Waals surface area contributed by atoms with Crippen LogP contribution in [0.2, 0.25) is 0 Å². The minimum Gasteiger partial charge on any atom is -0.469 e. The van der Waals surface area contributed by atoms with Gasteiger partial charge < -0.3 is 9.73 Å². The summed E-state index contributed by atoms with van der Waals surface area (Å²) in [6.07, 6.45) is 2.34. The number of furan rings is 1. The molecule has 0 atom stereocenters. The molecule has 0 saturated carbocycles. The Morgan fingerprint density at radius 1 is 1.28 bits per heavy atom. The molecule has 0 radical (unpaired) electrons. The van der Waals surface area contributed by atoms with Crippen molar-refractivity contribution in [3.05, 3.63) is 53.5 Å². The van der Waals surface area contributed by atoms with E-state index in [-0.39, 0.29) is 5.91 Å². The molecule has 3 nitrogen and oxygen atoms in total.